The van der Waals surface area contributed by atoms with E-state index in [0.717, 1.165) is 5.57 Å². The van der Waals surface area contributed by atoms with Crippen LogP contribution in [0.4, 0.5) is 0 Å². The fraction of sp³-hybridized carbons (Fsp3) is 0.500. The molecule has 0 rings (SSSR count). The molecule has 2 atom stereocenters. The van der Waals surface area contributed by atoms with Gasteiger partial charge < -0.3 is 24.0 Å². The minimum atomic E-state index is -3.51. The first-order valence-electron chi connectivity index (χ1n) is 2.75. The number of hydrogen-bond acceptors (Lipinski definition) is 6. The first kappa shape index (κ1) is 18.9. The van der Waals surface area contributed by atoms with Crippen LogP contribution in [0, 0.1) is 0 Å². The SMILES string of the molecule is C=C(C)CO.O=[PH]([O-])O[PH](=O)[O-].[Be+2]. The van der Waals surface area contributed by atoms with Gasteiger partial charge >= 0.3 is 10.1 Å². The molecule has 0 aromatic rings. The van der Waals surface area contributed by atoms with Gasteiger partial charge in [-0.1, -0.05) is 12.2 Å². The van der Waals surface area contributed by atoms with Crippen LogP contribution in [0.1, 0.15) is 6.92 Å². The molecule has 9 heteroatoms. The summed E-state index contributed by atoms with van der Waals surface area (Å²) < 4.78 is 21.8. The van der Waals surface area contributed by atoms with Crippen molar-refractivity contribution in [3.63, 3.8) is 0 Å². The van der Waals surface area contributed by atoms with E-state index >= 15 is 0 Å². The van der Waals surface area contributed by atoms with Gasteiger partial charge in [0.25, 0.3) is 0 Å². The van der Waals surface area contributed by atoms with Crippen molar-refractivity contribution < 1.29 is 28.3 Å². The molecule has 1 N–H and O–H groups in total. The van der Waals surface area contributed by atoms with E-state index in [1.165, 1.54) is 0 Å². The van der Waals surface area contributed by atoms with E-state index in [1.807, 2.05) is 0 Å². The van der Waals surface area contributed by atoms with Crippen molar-refractivity contribution in [3.8, 4) is 0 Å². The van der Waals surface area contributed by atoms with Gasteiger partial charge in [0.2, 0.25) is 0 Å². The molecule has 0 saturated heterocycles. The molecule has 0 aromatic carbocycles. The largest absolute Gasteiger partial charge is 2.00 e. The molecule has 74 valence electrons. The van der Waals surface area contributed by atoms with Gasteiger partial charge in [-0.2, -0.15) is 0 Å². The third kappa shape index (κ3) is 33.0. The van der Waals surface area contributed by atoms with Gasteiger partial charge in [-0.25, -0.2) is 0 Å². The maximum Gasteiger partial charge on any atom is 2.00 e. The minimum absolute atomic E-state index is 0. The third-order valence-corrected chi connectivity index (χ3v) is 1.77. The Morgan fingerprint density at radius 2 is 1.69 bits per heavy atom. The van der Waals surface area contributed by atoms with E-state index < -0.39 is 16.5 Å². The predicted octanol–water partition coefficient (Wildman–Crippen LogP) is -1.32. The summed E-state index contributed by atoms with van der Waals surface area (Å²) in [5.74, 6) is 0. The zero-order chi connectivity index (χ0) is 10.1. The van der Waals surface area contributed by atoms with E-state index in [9.17, 15) is 18.9 Å². The fourth-order valence-corrected chi connectivity index (χ4v) is 0.612. The minimum Gasteiger partial charge on any atom is -0.781 e. The van der Waals surface area contributed by atoms with Crippen LogP contribution in [0.5, 0.6) is 0 Å². The van der Waals surface area contributed by atoms with E-state index in [1.54, 1.807) is 6.92 Å². The predicted molar refractivity (Wildman–Crippen MR) is 46.7 cm³/mol. The molecule has 0 aliphatic heterocycles. The average molecular weight is 225 g/mol. The van der Waals surface area contributed by atoms with E-state index in [0.29, 0.717) is 0 Å². The summed E-state index contributed by atoms with van der Waals surface area (Å²) in [5, 5.41) is 8.04. The molecule has 0 bridgehead atoms. The van der Waals surface area contributed by atoms with Gasteiger partial charge in [-0.3, -0.25) is 4.31 Å². The van der Waals surface area contributed by atoms with Gasteiger partial charge in [0.15, 0.2) is 0 Å². The van der Waals surface area contributed by atoms with Crippen molar-refractivity contribution >= 4 is 26.6 Å². The van der Waals surface area contributed by atoms with Gasteiger partial charge in [-0.05, 0) is 6.92 Å². The molecule has 0 heterocycles. The zero-order valence-electron chi connectivity index (χ0n) is 7.11. The third-order valence-electron chi connectivity index (χ3n) is 0.437. The van der Waals surface area contributed by atoms with Crippen molar-refractivity contribution in [1.29, 1.82) is 0 Å². The van der Waals surface area contributed by atoms with Crippen LogP contribution in [-0.2, 0) is 13.4 Å². The van der Waals surface area contributed by atoms with Crippen LogP contribution in [0.15, 0.2) is 12.2 Å². The van der Waals surface area contributed by atoms with Gasteiger partial charge in [0.05, 0.1) is 6.61 Å². The Labute approximate surface area is 81.4 Å². The van der Waals surface area contributed by atoms with Crippen LogP contribution >= 0.6 is 16.5 Å². The maximum absolute atomic E-state index is 9.29. The fourth-order valence-electron chi connectivity index (χ4n) is 0.0680. The van der Waals surface area contributed by atoms with Crippen LogP contribution in [-0.4, -0.2) is 21.8 Å². The van der Waals surface area contributed by atoms with Crippen LogP contribution < -0.4 is 9.79 Å². The Bertz CT molecular complexity index is 171. The molecule has 0 fully saturated rings. The number of aliphatic hydroxyl groups is 1. The Hall–Kier alpha value is 0.209. The van der Waals surface area contributed by atoms with Crippen molar-refractivity contribution in [1.82, 2.24) is 0 Å². The van der Waals surface area contributed by atoms with E-state index in [-0.39, 0.29) is 16.7 Å². The number of aliphatic hydroxyl groups excluding tert-OH is 1. The Balaban J connectivity index is -0.000000150. The summed E-state index contributed by atoms with van der Waals surface area (Å²) >= 11 is 0. The molecule has 0 spiro atoms. The first-order valence-corrected chi connectivity index (χ1v) is 5.20. The van der Waals surface area contributed by atoms with Gasteiger partial charge in [-0.15, -0.1) is 0 Å². The van der Waals surface area contributed by atoms with Crippen LogP contribution in [0.3, 0.4) is 0 Å². The summed E-state index contributed by atoms with van der Waals surface area (Å²) in [6.45, 7) is 5.31. The number of hydrogen-bond donors (Lipinski definition) is 1. The van der Waals surface area contributed by atoms with Crippen molar-refractivity contribution in [3.05, 3.63) is 12.2 Å². The van der Waals surface area contributed by atoms with Crippen molar-refractivity contribution in [2.75, 3.05) is 6.61 Å². The monoisotopic (exact) mass is 225 g/mol. The summed E-state index contributed by atoms with van der Waals surface area (Å²) in [4.78, 5) is 18.6. The number of rotatable bonds is 3. The van der Waals surface area contributed by atoms with E-state index in [4.69, 9.17) is 5.11 Å². The Kier molecular flexibility index (Phi) is 17.7. The molecule has 0 aliphatic carbocycles. The molecule has 2 unspecified atom stereocenters. The molecule has 0 radical (unpaired) electrons. The molecule has 0 amide bonds. The summed E-state index contributed by atoms with van der Waals surface area (Å²) in [7, 11) is -7.03. The molecular formula is C4H10BeO6P2. The normalized spacial score (nSPS) is 12.9. The second-order valence-corrected chi connectivity index (χ2v) is 3.53. The summed E-state index contributed by atoms with van der Waals surface area (Å²) in [5.41, 5.74) is 0.810. The molecule has 13 heavy (non-hydrogen) atoms. The topological polar surface area (TPSA) is 110 Å². The Morgan fingerprint density at radius 1 is 1.46 bits per heavy atom. The summed E-state index contributed by atoms with van der Waals surface area (Å²) in [6, 6.07) is 0. The smallest absolute Gasteiger partial charge is 0.781 e. The van der Waals surface area contributed by atoms with Gasteiger partial charge in [0.1, 0.15) is 16.5 Å². The van der Waals surface area contributed by atoms with Crippen LogP contribution in [0.25, 0.3) is 0 Å². The maximum atomic E-state index is 9.29. The molecule has 0 saturated carbocycles. The molecule has 6 nitrogen and oxygen atoms in total. The average Bonchev–Trinajstić information content (AvgIpc) is 1.85. The first-order chi connectivity index (χ1) is 5.40. The van der Waals surface area contributed by atoms with Crippen LogP contribution in [0.2, 0.25) is 0 Å². The Morgan fingerprint density at radius 3 is 1.69 bits per heavy atom. The molecule has 0 aromatic heterocycles. The zero-order valence-corrected chi connectivity index (χ0v) is 9.11. The quantitative estimate of drug-likeness (QED) is 0.362. The summed E-state index contributed by atoms with van der Waals surface area (Å²) in [6.07, 6.45) is 0. The molecule has 0 aliphatic rings. The van der Waals surface area contributed by atoms with Crippen molar-refractivity contribution in [2.45, 2.75) is 6.92 Å². The second kappa shape index (κ2) is 12.2. The standard InChI is InChI=1S/C4H8O.Be.H4O5P2/c1-4(2)3-5;;1-6(2)5-7(3)4/h5H,1,3H2,2H3;;6-7H,(H,1,2)(H,3,4)/q;+2;/p-2. The second-order valence-electron chi connectivity index (χ2n) is 1.72. The van der Waals surface area contributed by atoms with Crippen molar-refractivity contribution in [2.24, 2.45) is 0 Å². The van der Waals surface area contributed by atoms with E-state index in [2.05, 4.69) is 10.9 Å². The van der Waals surface area contributed by atoms with Gasteiger partial charge in [0, 0.05) is 0 Å². The molecular weight excluding hydrogens is 215 g/mol.